The van der Waals surface area contributed by atoms with E-state index in [0.717, 1.165) is 11.5 Å². The van der Waals surface area contributed by atoms with Crippen molar-refractivity contribution >= 4 is 25.3 Å². The molecule has 1 saturated heterocycles. The fourth-order valence-electron chi connectivity index (χ4n) is 1.66. The standard InChI is InChI=1S/C9H20N2.2C2H6S/c1-8(2)11-6-3-4-9(10)5-7-11;2*1-2-3/h8-9H,3-7,10H2,1-2H3;2*3H,2H2,1H3/t9-;;/m0../s1. The monoisotopic (exact) mass is 280 g/mol. The molecule has 4 heteroatoms. The summed E-state index contributed by atoms with van der Waals surface area (Å²) >= 11 is 7.58. The fraction of sp³-hybridized carbons (Fsp3) is 1.00. The molecule has 1 fully saturated rings. The summed E-state index contributed by atoms with van der Waals surface area (Å²) in [7, 11) is 0. The third-order valence-corrected chi connectivity index (χ3v) is 2.54. The maximum Gasteiger partial charge on any atom is 0.00514 e. The van der Waals surface area contributed by atoms with Crippen LogP contribution in [-0.2, 0) is 0 Å². The molecule has 1 atom stereocenters. The molecule has 1 heterocycles. The molecule has 0 spiro atoms. The van der Waals surface area contributed by atoms with Gasteiger partial charge in [0.1, 0.15) is 0 Å². The molecular formula is C13H32N2S2. The molecule has 1 rings (SSSR count). The van der Waals surface area contributed by atoms with Crippen molar-refractivity contribution in [3.63, 3.8) is 0 Å². The summed E-state index contributed by atoms with van der Waals surface area (Å²) in [5.74, 6) is 1.89. The molecule has 0 aromatic carbocycles. The first-order valence-electron chi connectivity index (χ1n) is 6.74. The van der Waals surface area contributed by atoms with Gasteiger partial charge in [-0.2, -0.15) is 25.3 Å². The molecule has 0 unspecified atom stereocenters. The van der Waals surface area contributed by atoms with E-state index in [1.54, 1.807) is 0 Å². The quantitative estimate of drug-likeness (QED) is 0.644. The molecule has 17 heavy (non-hydrogen) atoms. The highest BCUT2D eigenvalue weighted by Gasteiger charge is 2.15. The second kappa shape index (κ2) is 14.7. The maximum atomic E-state index is 5.87. The van der Waals surface area contributed by atoms with Gasteiger partial charge in [-0.1, -0.05) is 13.8 Å². The van der Waals surface area contributed by atoms with Crippen LogP contribution in [0.1, 0.15) is 47.0 Å². The zero-order valence-electron chi connectivity index (χ0n) is 12.0. The Morgan fingerprint density at radius 1 is 1.12 bits per heavy atom. The van der Waals surface area contributed by atoms with E-state index < -0.39 is 0 Å². The molecule has 0 bridgehead atoms. The van der Waals surface area contributed by atoms with Crippen LogP contribution in [0.25, 0.3) is 0 Å². The summed E-state index contributed by atoms with van der Waals surface area (Å²) in [4.78, 5) is 2.52. The van der Waals surface area contributed by atoms with Crippen molar-refractivity contribution in [2.75, 3.05) is 24.6 Å². The zero-order chi connectivity index (χ0) is 13.7. The first-order valence-corrected chi connectivity index (χ1v) is 8.01. The van der Waals surface area contributed by atoms with E-state index in [1.165, 1.54) is 32.4 Å². The van der Waals surface area contributed by atoms with E-state index >= 15 is 0 Å². The topological polar surface area (TPSA) is 29.3 Å². The maximum absolute atomic E-state index is 5.87. The van der Waals surface area contributed by atoms with Crippen molar-refractivity contribution in [1.29, 1.82) is 0 Å². The number of nitrogens with two attached hydrogens (primary N) is 1. The summed E-state index contributed by atoms with van der Waals surface area (Å²) in [6.07, 6.45) is 3.67. The highest BCUT2D eigenvalue weighted by Crippen LogP contribution is 2.11. The molecule has 0 saturated carbocycles. The Bertz CT molecular complexity index is 141. The van der Waals surface area contributed by atoms with Gasteiger partial charge in [0, 0.05) is 12.1 Å². The number of hydrogen-bond donors (Lipinski definition) is 3. The molecule has 0 aromatic rings. The van der Waals surface area contributed by atoms with Crippen molar-refractivity contribution in [2.24, 2.45) is 5.73 Å². The molecule has 106 valence electrons. The normalized spacial score (nSPS) is 20.8. The summed E-state index contributed by atoms with van der Waals surface area (Å²) < 4.78 is 0. The van der Waals surface area contributed by atoms with Gasteiger partial charge < -0.3 is 10.6 Å². The molecule has 2 nitrogen and oxygen atoms in total. The average Bonchev–Trinajstić information content (AvgIpc) is 2.45. The van der Waals surface area contributed by atoms with Gasteiger partial charge in [-0.05, 0) is 57.7 Å². The summed E-state index contributed by atoms with van der Waals surface area (Å²) in [5, 5.41) is 0. The van der Waals surface area contributed by atoms with Crippen LogP contribution in [0.3, 0.4) is 0 Å². The van der Waals surface area contributed by atoms with Crippen molar-refractivity contribution < 1.29 is 0 Å². The van der Waals surface area contributed by atoms with Gasteiger partial charge in [-0.25, -0.2) is 0 Å². The van der Waals surface area contributed by atoms with Crippen LogP contribution in [-0.4, -0.2) is 41.6 Å². The third-order valence-electron chi connectivity index (χ3n) is 2.54. The molecule has 2 N–H and O–H groups in total. The first kappa shape index (κ1) is 19.9. The second-order valence-corrected chi connectivity index (χ2v) is 5.72. The SMILES string of the molecule is CC(C)N1CCC[C@H](N)CC1.CCS.CCS. The molecule has 0 radical (unpaired) electrons. The number of thiol groups is 2. The van der Waals surface area contributed by atoms with Gasteiger partial charge >= 0.3 is 0 Å². The van der Waals surface area contributed by atoms with E-state index in [1.807, 2.05) is 13.8 Å². The Hall–Kier alpha value is 0.620. The lowest BCUT2D eigenvalue weighted by Gasteiger charge is -2.23. The molecule has 1 aliphatic heterocycles. The van der Waals surface area contributed by atoms with E-state index in [0.29, 0.717) is 12.1 Å². The van der Waals surface area contributed by atoms with Crippen molar-refractivity contribution in [1.82, 2.24) is 4.90 Å². The highest BCUT2D eigenvalue weighted by molar-refractivity contribution is 7.80. The molecule has 1 aliphatic rings. The van der Waals surface area contributed by atoms with E-state index in [9.17, 15) is 0 Å². The van der Waals surface area contributed by atoms with Crippen molar-refractivity contribution in [3.05, 3.63) is 0 Å². The molecular weight excluding hydrogens is 248 g/mol. The van der Waals surface area contributed by atoms with Crippen LogP contribution in [0.2, 0.25) is 0 Å². The van der Waals surface area contributed by atoms with E-state index in [2.05, 4.69) is 44.0 Å². The number of rotatable bonds is 1. The zero-order valence-corrected chi connectivity index (χ0v) is 13.8. The minimum Gasteiger partial charge on any atom is -0.328 e. The van der Waals surface area contributed by atoms with Crippen LogP contribution in [0.4, 0.5) is 0 Å². The summed E-state index contributed by atoms with van der Waals surface area (Å²) in [6, 6.07) is 1.15. The van der Waals surface area contributed by atoms with Crippen LogP contribution >= 0.6 is 25.3 Å². The number of nitrogens with zero attached hydrogens (tertiary/aromatic N) is 1. The van der Waals surface area contributed by atoms with Crippen LogP contribution in [0, 0.1) is 0 Å². The Labute approximate surface area is 120 Å². The average molecular weight is 281 g/mol. The van der Waals surface area contributed by atoms with Gasteiger partial charge in [-0.3, -0.25) is 0 Å². The van der Waals surface area contributed by atoms with Crippen LogP contribution in [0.15, 0.2) is 0 Å². The van der Waals surface area contributed by atoms with Gasteiger partial charge in [0.15, 0.2) is 0 Å². The first-order chi connectivity index (χ1) is 8.03. The van der Waals surface area contributed by atoms with Gasteiger partial charge in [-0.15, -0.1) is 0 Å². The summed E-state index contributed by atoms with van der Waals surface area (Å²) in [6.45, 7) is 10.9. The van der Waals surface area contributed by atoms with Crippen LogP contribution < -0.4 is 5.73 Å². The minimum atomic E-state index is 0.457. The minimum absolute atomic E-state index is 0.457. The number of likely N-dealkylation sites (tertiary alicyclic amines) is 1. The van der Waals surface area contributed by atoms with Gasteiger partial charge in [0.25, 0.3) is 0 Å². The van der Waals surface area contributed by atoms with Gasteiger partial charge in [0.2, 0.25) is 0 Å². The molecule has 0 aromatic heterocycles. The largest absolute Gasteiger partial charge is 0.328 e. The lowest BCUT2D eigenvalue weighted by Crippen LogP contribution is -2.32. The molecule has 0 aliphatic carbocycles. The Kier molecular flexibility index (Phi) is 17.2. The Balaban J connectivity index is 0. The predicted octanol–water partition coefficient (Wildman–Crippen LogP) is 3.08. The van der Waals surface area contributed by atoms with Crippen molar-refractivity contribution in [3.8, 4) is 0 Å². The number of hydrogen-bond acceptors (Lipinski definition) is 4. The van der Waals surface area contributed by atoms with Gasteiger partial charge in [0.05, 0.1) is 0 Å². The Morgan fingerprint density at radius 2 is 1.59 bits per heavy atom. The third kappa shape index (κ3) is 14.6. The smallest absolute Gasteiger partial charge is 0.00514 e. The van der Waals surface area contributed by atoms with Crippen LogP contribution in [0.5, 0.6) is 0 Å². The van der Waals surface area contributed by atoms with Crippen molar-refractivity contribution in [2.45, 2.75) is 59.0 Å². The fourth-order valence-corrected chi connectivity index (χ4v) is 1.66. The second-order valence-electron chi connectivity index (χ2n) is 4.45. The van der Waals surface area contributed by atoms with E-state index in [-0.39, 0.29) is 0 Å². The lowest BCUT2D eigenvalue weighted by molar-refractivity contribution is 0.230. The molecule has 0 amide bonds. The predicted molar refractivity (Wildman–Crippen MR) is 87.6 cm³/mol. The van der Waals surface area contributed by atoms with E-state index in [4.69, 9.17) is 5.73 Å². The highest BCUT2D eigenvalue weighted by atomic mass is 32.1. The lowest BCUT2D eigenvalue weighted by atomic mass is 10.1. The Morgan fingerprint density at radius 3 is 2.00 bits per heavy atom. The summed E-state index contributed by atoms with van der Waals surface area (Å²) in [5.41, 5.74) is 5.87.